The number of rotatable bonds is 3. The lowest BCUT2D eigenvalue weighted by Gasteiger charge is -2.27. The first-order valence-corrected chi connectivity index (χ1v) is 6.85. The first kappa shape index (κ1) is 10.4. The molecule has 0 radical (unpaired) electrons. The smallest absolute Gasteiger partial charge is 0.191 e. The fourth-order valence-corrected chi connectivity index (χ4v) is 3.01. The normalized spacial score (nSPS) is 29.2. The van der Waals surface area contributed by atoms with Gasteiger partial charge in [-0.05, 0) is 56.3 Å². The first-order valence-electron chi connectivity index (χ1n) is 6.85. The van der Waals surface area contributed by atoms with E-state index in [1.165, 1.54) is 44.9 Å². The van der Waals surface area contributed by atoms with Crippen LogP contribution in [0, 0.1) is 11.3 Å². The topological polar surface area (TPSA) is 41.6 Å². The second-order valence-corrected chi connectivity index (χ2v) is 5.86. The zero-order valence-electron chi connectivity index (χ0n) is 10.1. The Morgan fingerprint density at radius 1 is 1.19 bits per heavy atom. The van der Waals surface area contributed by atoms with Crippen LogP contribution in [-0.2, 0) is 0 Å². The van der Waals surface area contributed by atoms with Gasteiger partial charge in [-0.15, -0.1) is 0 Å². The summed E-state index contributed by atoms with van der Waals surface area (Å²) in [6.07, 6.45) is 9.60. The summed E-state index contributed by atoms with van der Waals surface area (Å²) < 4.78 is 0. The summed E-state index contributed by atoms with van der Waals surface area (Å²) in [5.41, 5.74) is 6.68. The van der Waals surface area contributed by atoms with Crippen molar-refractivity contribution in [2.75, 3.05) is 19.6 Å². The molecule has 0 atom stereocenters. The van der Waals surface area contributed by atoms with Crippen molar-refractivity contribution in [2.24, 2.45) is 22.1 Å². The van der Waals surface area contributed by atoms with Crippen LogP contribution in [-0.4, -0.2) is 30.5 Å². The average molecular weight is 221 g/mol. The van der Waals surface area contributed by atoms with E-state index in [9.17, 15) is 0 Å². The van der Waals surface area contributed by atoms with E-state index >= 15 is 0 Å². The summed E-state index contributed by atoms with van der Waals surface area (Å²) in [6.45, 7) is 3.23. The Hall–Kier alpha value is -0.730. The predicted molar refractivity (Wildman–Crippen MR) is 66.3 cm³/mol. The molecule has 16 heavy (non-hydrogen) atoms. The summed E-state index contributed by atoms with van der Waals surface area (Å²) in [6, 6.07) is 0. The molecule has 0 aromatic heterocycles. The van der Waals surface area contributed by atoms with E-state index < -0.39 is 0 Å². The third-order valence-corrected chi connectivity index (χ3v) is 4.57. The Morgan fingerprint density at radius 2 is 1.88 bits per heavy atom. The van der Waals surface area contributed by atoms with Gasteiger partial charge in [-0.25, -0.2) is 0 Å². The molecule has 3 rings (SSSR count). The molecule has 3 aliphatic rings. The Kier molecular flexibility index (Phi) is 2.56. The van der Waals surface area contributed by atoms with E-state index in [4.69, 9.17) is 5.73 Å². The molecule has 3 fully saturated rings. The number of likely N-dealkylation sites (tertiary alicyclic amines) is 1. The minimum Gasteiger partial charge on any atom is -0.370 e. The molecule has 0 amide bonds. The number of piperidine rings is 1. The minimum absolute atomic E-state index is 0.598. The van der Waals surface area contributed by atoms with Gasteiger partial charge in [0.25, 0.3) is 0 Å². The Bertz CT molecular complexity index is 284. The summed E-state index contributed by atoms with van der Waals surface area (Å²) in [4.78, 5) is 6.93. The highest BCUT2D eigenvalue weighted by Crippen LogP contribution is 2.61. The highest BCUT2D eigenvalue weighted by Gasteiger charge is 2.53. The molecule has 0 aromatic rings. The van der Waals surface area contributed by atoms with Gasteiger partial charge in [0.15, 0.2) is 5.96 Å². The maximum absolute atomic E-state index is 6.08. The van der Waals surface area contributed by atoms with E-state index in [2.05, 4.69) is 9.89 Å². The molecule has 2 aliphatic carbocycles. The third kappa shape index (κ3) is 2.04. The van der Waals surface area contributed by atoms with Crippen molar-refractivity contribution in [3.05, 3.63) is 0 Å². The zero-order chi connectivity index (χ0) is 11.0. The molecular weight excluding hydrogens is 198 g/mol. The number of nitrogens with two attached hydrogens (primary N) is 1. The van der Waals surface area contributed by atoms with Crippen molar-refractivity contribution in [1.82, 2.24) is 4.90 Å². The highest BCUT2D eigenvalue weighted by molar-refractivity contribution is 5.78. The maximum Gasteiger partial charge on any atom is 0.191 e. The van der Waals surface area contributed by atoms with Crippen LogP contribution in [0.1, 0.15) is 44.9 Å². The van der Waals surface area contributed by atoms with E-state index in [-0.39, 0.29) is 0 Å². The Morgan fingerprint density at radius 3 is 2.44 bits per heavy atom. The lowest BCUT2D eigenvalue weighted by molar-refractivity contribution is 0.336. The second kappa shape index (κ2) is 3.94. The molecule has 3 heteroatoms. The molecule has 2 N–H and O–H groups in total. The van der Waals surface area contributed by atoms with E-state index in [1.807, 2.05) is 0 Å². The zero-order valence-corrected chi connectivity index (χ0v) is 10.1. The summed E-state index contributed by atoms with van der Waals surface area (Å²) in [5.74, 6) is 1.80. The lowest BCUT2D eigenvalue weighted by atomic mass is 10.0. The number of guanidine groups is 1. The van der Waals surface area contributed by atoms with Gasteiger partial charge in [0, 0.05) is 19.6 Å². The van der Waals surface area contributed by atoms with Crippen molar-refractivity contribution in [3.8, 4) is 0 Å². The maximum atomic E-state index is 6.08. The second-order valence-electron chi connectivity index (χ2n) is 5.86. The van der Waals surface area contributed by atoms with Crippen LogP contribution in [0.5, 0.6) is 0 Å². The predicted octanol–water partition coefficient (Wildman–Crippen LogP) is 1.98. The molecule has 1 heterocycles. The van der Waals surface area contributed by atoms with Gasteiger partial charge in [-0.3, -0.25) is 4.99 Å². The standard InChI is InChI=1S/C13H23N3/c14-12(16-8-2-1-3-9-16)15-10-13(6-7-13)11-4-5-11/h11H,1-10H2,(H2,14,15). The fraction of sp³-hybridized carbons (Fsp3) is 0.923. The van der Waals surface area contributed by atoms with Gasteiger partial charge in [0.05, 0.1) is 0 Å². The number of nitrogens with zero attached hydrogens (tertiary/aromatic N) is 2. The van der Waals surface area contributed by atoms with Crippen molar-refractivity contribution >= 4 is 5.96 Å². The summed E-state index contributed by atoms with van der Waals surface area (Å²) in [5, 5.41) is 0. The number of hydrogen-bond donors (Lipinski definition) is 1. The fourth-order valence-electron chi connectivity index (χ4n) is 3.01. The van der Waals surface area contributed by atoms with Gasteiger partial charge < -0.3 is 10.6 Å². The highest BCUT2D eigenvalue weighted by atomic mass is 15.3. The van der Waals surface area contributed by atoms with Crippen LogP contribution >= 0.6 is 0 Å². The van der Waals surface area contributed by atoms with Gasteiger partial charge in [-0.2, -0.15) is 0 Å². The van der Waals surface area contributed by atoms with Crippen LogP contribution in [0.15, 0.2) is 4.99 Å². The molecule has 0 spiro atoms. The molecule has 0 bridgehead atoms. The molecule has 1 saturated heterocycles. The van der Waals surface area contributed by atoms with Crippen molar-refractivity contribution in [3.63, 3.8) is 0 Å². The third-order valence-electron chi connectivity index (χ3n) is 4.57. The molecule has 0 unspecified atom stereocenters. The quantitative estimate of drug-likeness (QED) is 0.585. The van der Waals surface area contributed by atoms with Crippen LogP contribution in [0.2, 0.25) is 0 Å². The monoisotopic (exact) mass is 221 g/mol. The van der Waals surface area contributed by atoms with Crippen molar-refractivity contribution in [2.45, 2.75) is 44.9 Å². The van der Waals surface area contributed by atoms with Gasteiger partial charge in [0.2, 0.25) is 0 Å². The molecule has 1 aliphatic heterocycles. The van der Waals surface area contributed by atoms with Gasteiger partial charge in [0.1, 0.15) is 0 Å². The Balaban J connectivity index is 1.54. The number of hydrogen-bond acceptors (Lipinski definition) is 1. The molecular formula is C13H23N3. The van der Waals surface area contributed by atoms with Crippen molar-refractivity contribution in [1.29, 1.82) is 0 Å². The van der Waals surface area contributed by atoms with E-state index in [0.29, 0.717) is 5.41 Å². The van der Waals surface area contributed by atoms with Crippen LogP contribution in [0.4, 0.5) is 0 Å². The molecule has 0 aromatic carbocycles. The van der Waals surface area contributed by atoms with Crippen LogP contribution in [0.3, 0.4) is 0 Å². The summed E-state index contributed by atoms with van der Waals surface area (Å²) in [7, 11) is 0. The molecule has 2 saturated carbocycles. The lowest BCUT2D eigenvalue weighted by Crippen LogP contribution is -2.41. The van der Waals surface area contributed by atoms with E-state index in [1.54, 1.807) is 0 Å². The first-order chi connectivity index (χ1) is 7.80. The largest absolute Gasteiger partial charge is 0.370 e. The molecule has 90 valence electrons. The Labute approximate surface area is 98.1 Å². The minimum atomic E-state index is 0.598. The summed E-state index contributed by atoms with van der Waals surface area (Å²) >= 11 is 0. The van der Waals surface area contributed by atoms with E-state index in [0.717, 1.165) is 31.5 Å². The van der Waals surface area contributed by atoms with Crippen molar-refractivity contribution < 1.29 is 0 Å². The van der Waals surface area contributed by atoms with Crippen LogP contribution < -0.4 is 5.73 Å². The molecule has 3 nitrogen and oxygen atoms in total. The van der Waals surface area contributed by atoms with Gasteiger partial charge >= 0.3 is 0 Å². The van der Waals surface area contributed by atoms with Crippen LogP contribution in [0.25, 0.3) is 0 Å². The van der Waals surface area contributed by atoms with Gasteiger partial charge in [-0.1, -0.05) is 0 Å². The average Bonchev–Trinajstić information content (AvgIpc) is 3.17. The number of aliphatic imine (C=N–C) groups is 1. The SMILES string of the molecule is NC(=NCC1(C2CC2)CC1)N1CCCCC1.